The Balaban J connectivity index is 1.81. The molecule has 1 heterocycles. The lowest BCUT2D eigenvalue weighted by Gasteiger charge is -2.03. The van der Waals surface area contributed by atoms with Crippen LogP contribution in [-0.2, 0) is 6.54 Å². The first-order valence-electron chi connectivity index (χ1n) is 6.27. The maximum absolute atomic E-state index is 11.5. The molecular weight excluding hydrogens is 278 g/mol. The molecule has 6 heteroatoms. The number of rotatable bonds is 7. The van der Waals surface area contributed by atoms with E-state index in [1.54, 1.807) is 16.3 Å². The van der Waals surface area contributed by atoms with Gasteiger partial charge in [-0.1, -0.05) is 36.9 Å². The van der Waals surface area contributed by atoms with Gasteiger partial charge in [0.1, 0.15) is 0 Å². The molecule has 0 bridgehead atoms. The molecular formula is C13H17N3OS2. The van der Waals surface area contributed by atoms with Gasteiger partial charge >= 0.3 is 5.69 Å². The van der Waals surface area contributed by atoms with Gasteiger partial charge in [-0.05, 0) is 18.6 Å². The first kappa shape index (κ1) is 14.3. The summed E-state index contributed by atoms with van der Waals surface area (Å²) in [5, 5.41) is 7.36. The van der Waals surface area contributed by atoms with Gasteiger partial charge in [-0.15, -0.1) is 16.9 Å². The maximum atomic E-state index is 11.5. The summed E-state index contributed by atoms with van der Waals surface area (Å²) in [6.07, 6.45) is 0.936. The number of hydrogen-bond acceptors (Lipinski definition) is 4. The second-order valence-electron chi connectivity index (χ2n) is 3.97. The van der Waals surface area contributed by atoms with E-state index < -0.39 is 0 Å². The van der Waals surface area contributed by atoms with Gasteiger partial charge in [-0.2, -0.15) is 0 Å². The summed E-state index contributed by atoms with van der Waals surface area (Å²) in [5.41, 5.74) is -0.111. The fraction of sp³-hybridized carbons (Fsp3) is 0.385. The van der Waals surface area contributed by atoms with E-state index in [9.17, 15) is 4.79 Å². The molecule has 0 aliphatic carbocycles. The van der Waals surface area contributed by atoms with E-state index in [0.29, 0.717) is 0 Å². The minimum absolute atomic E-state index is 0.111. The Kier molecular flexibility index (Phi) is 5.60. The van der Waals surface area contributed by atoms with E-state index in [1.165, 1.54) is 4.90 Å². The summed E-state index contributed by atoms with van der Waals surface area (Å²) in [5.74, 6) is 1.94. The maximum Gasteiger partial charge on any atom is 0.343 e. The average Bonchev–Trinajstić information content (AvgIpc) is 2.78. The molecule has 1 aromatic heterocycles. The zero-order valence-corrected chi connectivity index (χ0v) is 12.5. The summed E-state index contributed by atoms with van der Waals surface area (Å²) in [7, 11) is 0. The molecule has 1 aromatic carbocycles. The molecule has 102 valence electrons. The molecule has 0 aliphatic heterocycles. The van der Waals surface area contributed by atoms with E-state index in [4.69, 9.17) is 0 Å². The number of benzene rings is 1. The van der Waals surface area contributed by atoms with Gasteiger partial charge in [0.05, 0.1) is 0 Å². The van der Waals surface area contributed by atoms with Crippen molar-refractivity contribution in [2.24, 2.45) is 0 Å². The van der Waals surface area contributed by atoms with Crippen LogP contribution in [0.15, 0.2) is 45.2 Å². The van der Waals surface area contributed by atoms with Crippen LogP contribution in [0.4, 0.5) is 0 Å². The number of thioether (sulfide) groups is 2. The molecule has 2 aromatic rings. The van der Waals surface area contributed by atoms with Gasteiger partial charge < -0.3 is 0 Å². The van der Waals surface area contributed by atoms with E-state index in [-0.39, 0.29) is 5.69 Å². The smallest absolute Gasteiger partial charge is 0.270 e. The Morgan fingerprint density at radius 2 is 1.95 bits per heavy atom. The normalized spacial score (nSPS) is 10.8. The van der Waals surface area contributed by atoms with Gasteiger partial charge in [0.25, 0.3) is 0 Å². The summed E-state index contributed by atoms with van der Waals surface area (Å²) in [6.45, 7) is 2.78. The third-order valence-corrected chi connectivity index (χ3v) is 4.75. The zero-order valence-electron chi connectivity index (χ0n) is 10.8. The highest BCUT2D eigenvalue weighted by atomic mass is 32.2. The molecule has 0 amide bonds. The predicted molar refractivity (Wildman–Crippen MR) is 81.0 cm³/mol. The number of nitrogens with zero attached hydrogens (tertiary/aromatic N) is 2. The SMILES string of the molecule is CCCn1c(SCCSc2ccccc2)n[nH]c1=O. The van der Waals surface area contributed by atoms with Crippen molar-refractivity contribution >= 4 is 23.5 Å². The van der Waals surface area contributed by atoms with Crippen LogP contribution in [0.1, 0.15) is 13.3 Å². The third-order valence-electron chi connectivity index (χ3n) is 2.50. The number of hydrogen-bond donors (Lipinski definition) is 1. The monoisotopic (exact) mass is 295 g/mol. The number of H-pyrrole nitrogens is 1. The van der Waals surface area contributed by atoms with Crippen LogP contribution in [0.5, 0.6) is 0 Å². The Bertz CT molecular complexity index is 551. The van der Waals surface area contributed by atoms with Gasteiger partial charge in [0.15, 0.2) is 5.16 Å². The molecule has 0 aliphatic rings. The van der Waals surface area contributed by atoms with Crippen LogP contribution in [0.2, 0.25) is 0 Å². The van der Waals surface area contributed by atoms with Gasteiger partial charge in [0.2, 0.25) is 0 Å². The molecule has 0 saturated carbocycles. The van der Waals surface area contributed by atoms with Gasteiger partial charge in [-0.25, -0.2) is 9.89 Å². The summed E-state index contributed by atoms with van der Waals surface area (Å²) < 4.78 is 1.71. The van der Waals surface area contributed by atoms with Crippen LogP contribution in [-0.4, -0.2) is 26.3 Å². The van der Waals surface area contributed by atoms with Crippen molar-refractivity contribution < 1.29 is 0 Å². The molecule has 0 fully saturated rings. The molecule has 0 spiro atoms. The van der Waals surface area contributed by atoms with Crippen molar-refractivity contribution in [1.29, 1.82) is 0 Å². The Morgan fingerprint density at radius 1 is 1.21 bits per heavy atom. The van der Waals surface area contributed by atoms with Gasteiger partial charge in [-0.3, -0.25) is 4.57 Å². The van der Waals surface area contributed by atoms with Crippen LogP contribution >= 0.6 is 23.5 Å². The van der Waals surface area contributed by atoms with Crippen molar-refractivity contribution in [3.8, 4) is 0 Å². The van der Waals surface area contributed by atoms with E-state index in [1.807, 2.05) is 30.0 Å². The number of aromatic nitrogens is 3. The molecule has 0 unspecified atom stereocenters. The second kappa shape index (κ2) is 7.45. The first-order chi connectivity index (χ1) is 9.31. The molecule has 19 heavy (non-hydrogen) atoms. The lowest BCUT2D eigenvalue weighted by atomic mass is 10.4. The fourth-order valence-corrected chi connectivity index (χ4v) is 3.52. The molecule has 1 N–H and O–H groups in total. The van der Waals surface area contributed by atoms with Crippen molar-refractivity contribution in [3.05, 3.63) is 40.8 Å². The Hall–Kier alpha value is -1.14. The molecule has 0 saturated heterocycles. The Morgan fingerprint density at radius 3 is 2.68 bits per heavy atom. The minimum Gasteiger partial charge on any atom is -0.270 e. The van der Waals surface area contributed by atoms with Crippen LogP contribution in [0, 0.1) is 0 Å². The van der Waals surface area contributed by atoms with Gasteiger partial charge in [0, 0.05) is 22.9 Å². The van der Waals surface area contributed by atoms with Crippen molar-refractivity contribution in [1.82, 2.24) is 14.8 Å². The van der Waals surface area contributed by atoms with Crippen LogP contribution in [0.25, 0.3) is 0 Å². The molecule has 4 nitrogen and oxygen atoms in total. The van der Waals surface area contributed by atoms with Crippen molar-refractivity contribution in [2.45, 2.75) is 29.9 Å². The zero-order chi connectivity index (χ0) is 13.5. The first-order valence-corrected chi connectivity index (χ1v) is 8.24. The number of nitrogens with one attached hydrogen (secondary N) is 1. The second-order valence-corrected chi connectivity index (χ2v) is 6.20. The highest BCUT2D eigenvalue weighted by Gasteiger charge is 2.07. The average molecular weight is 295 g/mol. The minimum atomic E-state index is -0.111. The summed E-state index contributed by atoms with van der Waals surface area (Å²) in [6, 6.07) is 10.3. The lowest BCUT2D eigenvalue weighted by molar-refractivity contribution is 0.604. The quantitative estimate of drug-likeness (QED) is 0.630. The largest absolute Gasteiger partial charge is 0.343 e. The fourth-order valence-electron chi connectivity index (χ4n) is 1.64. The summed E-state index contributed by atoms with van der Waals surface area (Å²) in [4.78, 5) is 12.8. The highest BCUT2D eigenvalue weighted by Crippen LogP contribution is 2.21. The van der Waals surface area contributed by atoms with E-state index in [2.05, 4.69) is 29.3 Å². The van der Waals surface area contributed by atoms with Crippen molar-refractivity contribution in [3.63, 3.8) is 0 Å². The standard InChI is InChI=1S/C13H17N3OS2/c1-2-8-16-12(17)14-15-13(16)19-10-9-18-11-6-4-3-5-7-11/h3-7H,2,8-10H2,1H3,(H,14,17). The molecule has 0 radical (unpaired) electrons. The van der Waals surface area contributed by atoms with Crippen molar-refractivity contribution in [2.75, 3.05) is 11.5 Å². The lowest BCUT2D eigenvalue weighted by Crippen LogP contribution is -2.17. The Labute approximate surface area is 121 Å². The third kappa shape index (κ3) is 4.18. The summed E-state index contributed by atoms with van der Waals surface area (Å²) >= 11 is 3.45. The molecule has 0 atom stereocenters. The van der Waals surface area contributed by atoms with E-state index in [0.717, 1.165) is 29.6 Å². The van der Waals surface area contributed by atoms with Crippen LogP contribution < -0.4 is 5.69 Å². The topological polar surface area (TPSA) is 50.7 Å². The number of aromatic amines is 1. The predicted octanol–water partition coefficient (Wildman–Crippen LogP) is 2.87. The van der Waals surface area contributed by atoms with E-state index >= 15 is 0 Å². The highest BCUT2D eigenvalue weighted by molar-refractivity contribution is 8.02. The molecule has 2 rings (SSSR count). The van der Waals surface area contributed by atoms with Crippen LogP contribution in [0.3, 0.4) is 0 Å².